The highest BCUT2D eigenvalue weighted by Gasteiger charge is 2.31. The molecule has 0 saturated carbocycles. The summed E-state index contributed by atoms with van der Waals surface area (Å²) in [6.45, 7) is 5.58. The molecule has 1 fully saturated rings. The van der Waals surface area contributed by atoms with Gasteiger partial charge in [0.1, 0.15) is 5.82 Å². The average molecular weight is 495 g/mol. The molecule has 0 aliphatic carbocycles. The molecule has 2 aromatic carbocycles. The second-order valence-electron chi connectivity index (χ2n) is 8.92. The first-order chi connectivity index (χ1) is 15.8. The van der Waals surface area contributed by atoms with Gasteiger partial charge in [0.2, 0.25) is 5.91 Å². The van der Waals surface area contributed by atoms with Crippen LogP contribution >= 0.6 is 23.2 Å². The number of hydrogen-bond donors (Lipinski definition) is 0. The van der Waals surface area contributed by atoms with Crippen LogP contribution in [0.2, 0.25) is 10.0 Å². The molecule has 0 aromatic heterocycles. The SMILES string of the molecule is COCCN1CCC(C(CC(=O)N(C)C(C)c2cc(Cl)cc(Cl)c2)c2ccc(F)cc2)CC1. The molecule has 1 amide bonds. The number of carbonyl (C=O) groups excluding carboxylic acids is 1. The van der Waals surface area contributed by atoms with E-state index in [2.05, 4.69) is 4.90 Å². The summed E-state index contributed by atoms with van der Waals surface area (Å²) in [4.78, 5) is 17.5. The van der Waals surface area contributed by atoms with E-state index in [4.69, 9.17) is 27.9 Å². The number of carbonyl (C=O) groups is 1. The first-order valence-electron chi connectivity index (χ1n) is 11.5. The van der Waals surface area contributed by atoms with E-state index in [1.54, 1.807) is 18.1 Å². The Balaban J connectivity index is 1.74. The van der Waals surface area contributed by atoms with Crippen molar-refractivity contribution in [1.82, 2.24) is 9.80 Å². The number of rotatable bonds is 9. The van der Waals surface area contributed by atoms with E-state index in [1.165, 1.54) is 12.1 Å². The Morgan fingerprint density at radius 1 is 1.12 bits per heavy atom. The van der Waals surface area contributed by atoms with Gasteiger partial charge in [-0.05, 0) is 86.1 Å². The van der Waals surface area contributed by atoms with Gasteiger partial charge in [-0.25, -0.2) is 4.39 Å². The maximum Gasteiger partial charge on any atom is 0.223 e. The Labute approximate surface area is 206 Å². The van der Waals surface area contributed by atoms with E-state index < -0.39 is 0 Å². The molecule has 0 bridgehead atoms. The maximum absolute atomic E-state index is 13.6. The highest BCUT2D eigenvalue weighted by molar-refractivity contribution is 6.34. The van der Waals surface area contributed by atoms with Gasteiger partial charge in [0.25, 0.3) is 0 Å². The molecule has 1 heterocycles. The van der Waals surface area contributed by atoms with Crippen molar-refractivity contribution >= 4 is 29.1 Å². The normalized spacial score (nSPS) is 17.0. The maximum atomic E-state index is 13.6. The van der Waals surface area contributed by atoms with Crippen LogP contribution in [0, 0.1) is 11.7 Å². The third-order valence-corrected chi connectivity index (χ3v) is 7.28. The second kappa shape index (κ2) is 12.2. The zero-order valence-electron chi connectivity index (χ0n) is 19.6. The molecule has 1 aliphatic heterocycles. The smallest absolute Gasteiger partial charge is 0.223 e. The average Bonchev–Trinajstić information content (AvgIpc) is 2.80. The van der Waals surface area contributed by atoms with Crippen LogP contribution in [-0.2, 0) is 9.53 Å². The molecule has 180 valence electrons. The number of halogens is 3. The number of hydrogen-bond acceptors (Lipinski definition) is 3. The predicted molar refractivity (Wildman–Crippen MR) is 132 cm³/mol. The molecule has 3 rings (SSSR count). The van der Waals surface area contributed by atoms with Crippen molar-refractivity contribution in [2.75, 3.05) is 40.4 Å². The molecule has 2 atom stereocenters. The number of methoxy groups -OCH3 is 1. The second-order valence-corrected chi connectivity index (χ2v) is 9.79. The summed E-state index contributed by atoms with van der Waals surface area (Å²) in [7, 11) is 3.54. The molecule has 0 spiro atoms. The molecule has 33 heavy (non-hydrogen) atoms. The minimum absolute atomic E-state index is 0.0419. The Bertz CT molecular complexity index is 897. The fourth-order valence-corrected chi connectivity index (χ4v) is 5.20. The van der Waals surface area contributed by atoms with Gasteiger partial charge in [-0.1, -0.05) is 35.3 Å². The number of benzene rings is 2. The Morgan fingerprint density at radius 2 is 1.73 bits per heavy atom. The molecule has 0 N–H and O–H groups in total. The van der Waals surface area contributed by atoms with Gasteiger partial charge < -0.3 is 14.5 Å². The minimum Gasteiger partial charge on any atom is -0.383 e. The third-order valence-electron chi connectivity index (χ3n) is 6.85. The summed E-state index contributed by atoms with van der Waals surface area (Å²) in [5, 5.41) is 1.10. The third kappa shape index (κ3) is 7.16. The van der Waals surface area contributed by atoms with Crippen LogP contribution in [0.5, 0.6) is 0 Å². The molecular weight excluding hydrogens is 462 g/mol. The summed E-state index contributed by atoms with van der Waals surface area (Å²) in [5.41, 5.74) is 1.92. The van der Waals surface area contributed by atoms with E-state index in [9.17, 15) is 9.18 Å². The molecule has 1 saturated heterocycles. The van der Waals surface area contributed by atoms with Crippen LogP contribution in [0.4, 0.5) is 4.39 Å². The summed E-state index contributed by atoms with van der Waals surface area (Å²) in [6, 6.07) is 11.8. The lowest BCUT2D eigenvalue weighted by atomic mass is 9.78. The lowest BCUT2D eigenvalue weighted by Crippen LogP contribution is -2.38. The number of nitrogens with zero attached hydrogens (tertiary/aromatic N) is 2. The van der Waals surface area contributed by atoms with Crippen molar-refractivity contribution in [1.29, 1.82) is 0 Å². The highest BCUT2D eigenvalue weighted by Crippen LogP contribution is 2.37. The fourth-order valence-electron chi connectivity index (χ4n) is 4.65. The van der Waals surface area contributed by atoms with Crippen molar-refractivity contribution in [2.24, 2.45) is 5.92 Å². The van der Waals surface area contributed by atoms with Crippen LogP contribution < -0.4 is 0 Å². The number of likely N-dealkylation sites (tertiary alicyclic amines) is 1. The van der Waals surface area contributed by atoms with E-state index >= 15 is 0 Å². The van der Waals surface area contributed by atoms with E-state index in [0.717, 1.165) is 50.2 Å². The van der Waals surface area contributed by atoms with E-state index in [-0.39, 0.29) is 23.7 Å². The summed E-state index contributed by atoms with van der Waals surface area (Å²) in [6.07, 6.45) is 2.38. The van der Waals surface area contributed by atoms with Gasteiger partial charge in [-0.2, -0.15) is 0 Å². The number of ether oxygens (including phenoxy) is 1. The lowest BCUT2D eigenvalue weighted by molar-refractivity contribution is -0.132. The number of amides is 1. The first-order valence-corrected chi connectivity index (χ1v) is 12.2. The summed E-state index contributed by atoms with van der Waals surface area (Å²) >= 11 is 12.3. The molecule has 4 nitrogen and oxygen atoms in total. The lowest BCUT2D eigenvalue weighted by Gasteiger charge is -2.37. The van der Waals surface area contributed by atoms with Crippen LogP contribution in [0.15, 0.2) is 42.5 Å². The standard InChI is InChI=1S/C26H33Cl2FN2O2/c1-18(21-14-22(27)16-23(28)15-21)30(2)26(32)17-25(19-4-6-24(29)7-5-19)20-8-10-31(11-9-20)12-13-33-3/h4-7,14-16,18,20,25H,8-13,17H2,1-3H3. The molecule has 2 unspecified atom stereocenters. The molecular formula is C26H33Cl2FN2O2. The molecule has 2 aromatic rings. The van der Waals surface area contributed by atoms with Crippen molar-refractivity contribution in [3.8, 4) is 0 Å². The van der Waals surface area contributed by atoms with Gasteiger partial charge >= 0.3 is 0 Å². The Morgan fingerprint density at radius 3 is 2.30 bits per heavy atom. The first kappa shape index (κ1) is 26.0. The van der Waals surface area contributed by atoms with Gasteiger partial charge in [-0.3, -0.25) is 4.79 Å². The van der Waals surface area contributed by atoms with Gasteiger partial charge in [0.15, 0.2) is 0 Å². The van der Waals surface area contributed by atoms with Gasteiger partial charge in [0.05, 0.1) is 12.6 Å². The quantitative estimate of drug-likeness (QED) is 0.416. The summed E-state index contributed by atoms with van der Waals surface area (Å²) in [5.74, 6) is 0.194. The van der Waals surface area contributed by atoms with E-state index in [1.807, 2.05) is 38.2 Å². The van der Waals surface area contributed by atoms with Gasteiger partial charge in [0, 0.05) is 37.2 Å². The molecule has 7 heteroatoms. The van der Waals surface area contributed by atoms with Crippen molar-refractivity contribution in [3.63, 3.8) is 0 Å². The van der Waals surface area contributed by atoms with Crippen molar-refractivity contribution in [3.05, 3.63) is 69.5 Å². The Kier molecular flexibility index (Phi) is 9.57. The predicted octanol–water partition coefficient (Wildman–Crippen LogP) is 6.18. The van der Waals surface area contributed by atoms with Crippen LogP contribution in [0.25, 0.3) is 0 Å². The van der Waals surface area contributed by atoms with E-state index in [0.29, 0.717) is 22.4 Å². The topological polar surface area (TPSA) is 32.8 Å². The van der Waals surface area contributed by atoms with Crippen LogP contribution in [0.1, 0.15) is 49.3 Å². The van der Waals surface area contributed by atoms with Crippen molar-refractivity contribution < 1.29 is 13.9 Å². The molecule has 1 aliphatic rings. The van der Waals surface area contributed by atoms with Gasteiger partial charge in [-0.15, -0.1) is 0 Å². The Hall–Kier alpha value is -1.66. The largest absolute Gasteiger partial charge is 0.383 e. The van der Waals surface area contributed by atoms with Crippen LogP contribution in [0.3, 0.4) is 0 Å². The monoisotopic (exact) mass is 494 g/mol. The molecule has 0 radical (unpaired) electrons. The van der Waals surface area contributed by atoms with Crippen molar-refractivity contribution in [2.45, 2.75) is 38.1 Å². The minimum atomic E-state index is -0.262. The van der Waals surface area contributed by atoms with Crippen LogP contribution in [-0.4, -0.2) is 56.1 Å². The zero-order valence-corrected chi connectivity index (χ0v) is 21.1. The number of piperidine rings is 1. The fraction of sp³-hybridized carbons (Fsp3) is 0.500. The highest BCUT2D eigenvalue weighted by atomic mass is 35.5. The zero-order chi connectivity index (χ0) is 24.0. The summed E-state index contributed by atoms with van der Waals surface area (Å²) < 4.78 is 18.8.